The molecule has 0 radical (unpaired) electrons. The second kappa shape index (κ2) is 19.7. The zero-order valence-corrected chi connectivity index (χ0v) is 28.4. The summed E-state index contributed by atoms with van der Waals surface area (Å²) in [5.74, 6) is -5.34. The number of alkyl halides is 6. The van der Waals surface area contributed by atoms with Crippen molar-refractivity contribution in [3.05, 3.63) is 129 Å². The number of hydrogen-bond donors (Lipinski definition) is 5. The van der Waals surface area contributed by atoms with Gasteiger partial charge < -0.3 is 26.4 Å². The number of nitrogens with two attached hydrogens (primary N) is 1. The van der Waals surface area contributed by atoms with Crippen molar-refractivity contribution in [2.45, 2.75) is 36.6 Å². The molecule has 0 saturated carbocycles. The standard InChI is InChI=1S/C15H11ClF4N2O2.C9H7F3O3.C6H6ClFN2.2ClH/c16-12-6-9(11(17)8-21-12)7-22-13(23)14(24,15(18,19)20)10-4-2-1-3-5-10;10-9(11,12)8(15,7(13)14)6-4-2-1-3-5-6;7-6-1-4(2-9)5(8)3-10-6;;/h1-6,8,24H,7H2,(H,22,23);1-5,15H,(H,13,14);1,3H,2,9H2;2*1H. The van der Waals surface area contributed by atoms with Crippen LogP contribution in [0.25, 0.3) is 0 Å². The number of aromatic nitrogens is 2. The van der Waals surface area contributed by atoms with Gasteiger partial charge in [0.05, 0.1) is 12.4 Å². The fraction of sp³-hybridized carbons (Fsp3) is 0.200. The minimum Gasteiger partial charge on any atom is -0.479 e. The van der Waals surface area contributed by atoms with Gasteiger partial charge in [-0.2, -0.15) is 26.3 Å². The van der Waals surface area contributed by atoms with E-state index in [0.29, 0.717) is 5.56 Å². The molecular weight excluding hydrogens is 790 g/mol. The van der Waals surface area contributed by atoms with E-state index in [9.17, 15) is 54.9 Å². The summed E-state index contributed by atoms with van der Waals surface area (Å²) in [6.07, 6.45) is -8.70. The second-order valence-corrected chi connectivity index (χ2v) is 10.3. The van der Waals surface area contributed by atoms with Crippen LogP contribution in [0.1, 0.15) is 22.3 Å². The molecule has 0 bridgehead atoms. The molecule has 0 aliphatic carbocycles. The Bertz CT molecular complexity index is 1730. The number of nitrogens with one attached hydrogen (secondary N) is 1. The molecule has 0 spiro atoms. The van der Waals surface area contributed by atoms with Crippen molar-refractivity contribution < 1.29 is 60.0 Å². The first-order valence-corrected chi connectivity index (χ1v) is 14.0. The summed E-state index contributed by atoms with van der Waals surface area (Å²) in [5.41, 5.74) is -3.57. The normalized spacial score (nSPS) is 13.2. The number of aliphatic hydroxyl groups is 2. The van der Waals surface area contributed by atoms with Crippen molar-refractivity contribution in [1.82, 2.24) is 15.3 Å². The molecule has 9 nitrogen and oxygen atoms in total. The van der Waals surface area contributed by atoms with Crippen molar-refractivity contribution in [2.24, 2.45) is 5.73 Å². The fourth-order valence-electron chi connectivity index (χ4n) is 3.69. The van der Waals surface area contributed by atoms with Crippen LogP contribution in [0.5, 0.6) is 0 Å². The molecule has 280 valence electrons. The van der Waals surface area contributed by atoms with Gasteiger partial charge in [0.2, 0.25) is 0 Å². The Morgan fingerprint density at radius 1 is 0.706 bits per heavy atom. The molecule has 2 heterocycles. The van der Waals surface area contributed by atoms with Gasteiger partial charge in [-0.3, -0.25) is 4.79 Å². The maximum absolute atomic E-state index is 13.5. The molecule has 4 aromatic rings. The number of carboxylic acids is 1. The largest absolute Gasteiger partial charge is 0.479 e. The molecule has 6 N–H and O–H groups in total. The van der Waals surface area contributed by atoms with E-state index in [4.69, 9.17) is 34.0 Å². The number of benzene rings is 2. The second-order valence-electron chi connectivity index (χ2n) is 9.54. The number of rotatable bonds is 7. The quantitative estimate of drug-likeness (QED) is 0.103. The third kappa shape index (κ3) is 11.8. The third-order valence-corrected chi connectivity index (χ3v) is 6.72. The van der Waals surface area contributed by atoms with Crippen LogP contribution in [0.4, 0.5) is 35.1 Å². The average Bonchev–Trinajstić information content (AvgIpc) is 3.05. The summed E-state index contributed by atoms with van der Waals surface area (Å²) in [5, 5.41) is 29.7. The van der Waals surface area contributed by atoms with Crippen molar-refractivity contribution in [3.63, 3.8) is 0 Å². The van der Waals surface area contributed by atoms with E-state index in [1.165, 1.54) is 42.5 Å². The maximum Gasteiger partial charge on any atom is 0.432 e. The number of carboxylic acid groups (broad SMARTS) is 1. The van der Waals surface area contributed by atoms with Crippen LogP contribution in [-0.2, 0) is 33.9 Å². The van der Waals surface area contributed by atoms with E-state index in [1.807, 2.05) is 5.32 Å². The van der Waals surface area contributed by atoms with Gasteiger partial charge in [0.15, 0.2) is 0 Å². The monoisotopic (exact) mass is 814 g/mol. The van der Waals surface area contributed by atoms with Gasteiger partial charge in [-0.15, -0.1) is 24.8 Å². The fourth-order valence-corrected chi connectivity index (χ4v) is 4.05. The average molecular weight is 816 g/mol. The topological polar surface area (TPSA) is 159 Å². The highest BCUT2D eigenvalue weighted by atomic mass is 35.5. The highest BCUT2D eigenvalue weighted by Crippen LogP contribution is 2.40. The summed E-state index contributed by atoms with van der Waals surface area (Å²) >= 11 is 11.0. The van der Waals surface area contributed by atoms with Crippen molar-refractivity contribution in [1.29, 1.82) is 0 Å². The minimum absolute atomic E-state index is 0. The highest BCUT2D eigenvalue weighted by Gasteiger charge is 2.62. The van der Waals surface area contributed by atoms with E-state index in [2.05, 4.69) is 9.97 Å². The van der Waals surface area contributed by atoms with Crippen LogP contribution >= 0.6 is 48.0 Å². The van der Waals surface area contributed by atoms with E-state index >= 15 is 0 Å². The number of carbonyl (C=O) groups excluding carboxylic acids is 1. The number of halogens is 12. The summed E-state index contributed by atoms with van der Waals surface area (Å²) in [4.78, 5) is 29.5. The van der Waals surface area contributed by atoms with Gasteiger partial charge in [0.25, 0.3) is 17.1 Å². The molecule has 2 aromatic heterocycles. The summed E-state index contributed by atoms with van der Waals surface area (Å²) in [6, 6.07) is 14.0. The lowest BCUT2D eigenvalue weighted by Crippen LogP contribution is -2.54. The SMILES string of the molecule is Cl.Cl.NCc1cc(Cl)ncc1F.O=C(NCc1cc(Cl)ncc1F)C(O)(c1ccccc1)C(F)(F)F.O=C(O)C(O)(c1ccccc1)C(F)(F)F. The zero-order valence-electron chi connectivity index (χ0n) is 25.2. The first kappa shape index (κ1) is 47.2. The van der Waals surface area contributed by atoms with Crippen molar-refractivity contribution in [3.8, 4) is 0 Å². The van der Waals surface area contributed by atoms with Gasteiger partial charge in [0, 0.05) is 35.3 Å². The van der Waals surface area contributed by atoms with E-state index in [-0.39, 0.29) is 47.2 Å². The van der Waals surface area contributed by atoms with E-state index in [1.54, 1.807) is 0 Å². The van der Waals surface area contributed by atoms with Gasteiger partial charge in [-0.05, 0) is 12.1 Å². The van der Waals surface area contributed by atoms with Crippen LogP contribution in [0, 0.1) is 11.6 Å². The first-order valence-electron chi connectivity index (χ1n) is 13.2. The molecule has 2 aromatic carbocycles. The minimum atomic E-state index is -5.27. The third-order valence-electron chi connectivity index (χ3n) is 6.30. The summed E-state index contributed by atoms with van der Waals surface area (Å²) in [7, 11) is 0. The number of nitrogens with zero attached hydrogens (tertiary/aromatic N) is 2. The van der Waals surface area contributed by atoms with Crippen molar-refractivity contribution in [2.75, 3.05) is 0 Å². The number of aliphatic carboxylic acids is 1. The van der Waals surface area contributed by atoms with Crippen LogP contribution in [0.2, 0.25) is 10.3 Å². The summed E-state index contributed by atoms with van der Waals surface area (Å²) in [6.45, 7) is -0.452. The molecule has 0 saturated heterocycles. The Hall–Kier alpha value is -3.84. The van der Waals surface area contributed by atoms with Crippen LogP contribution in [-0.4, -0.2) is 49.5 Å². The molecule has 2 unspecified atom stereocenters. The van der Waals surface area contributed by atoms with Crippen molar-refractivity contribution >= 4 is 59.9 Å². The van der Waals surface area contributed by atoms with E-state index < -0.39 is 64.7 Å². The maximum atomic E-state index is 13.5. The molecule has 4 rings (SSSR count). The Kier molecular flexibility index (Phi) is 18.2. The highest BCUT2D eigenvalue weighted by molar-refractivity contribution is 6.29. The predicted octanol–water partition coefficient (Wildman–Crippen LogP) is 6.64. The van der Waals surface area contributed by atoms with Gasteiger partial charge >= 0.3 is 18.3 Å². The molecule has 1 amide bonds. The lowest BCUT2D eigenvalue weighted by atomic mass is 9.92. The predicted molar refractivity (Wildman–Crippen MR) is 173 cm³/mol. The van der Waals surface area contributed by atoms with Crippen LogP contribution < -0.4 is 11.1 Å². The molecule has 0 aliphatic rings. The lowest BCUT2D eigenvalue weighted by Gasteiger charge is -2.29. The van der Waals surface area contributed by atoms with Crippen LogP contribution in [0.15, 0.2) is 85.2 Å². The number of amides is 1. The van der Waals surface area contributed by atoms with Gasteiger partial charge in [0.1, 0.15) is 21.9 Å². The Morgan fingerprint density at radius 2 is 1.08 bits per heavy atom. The number of hydrogen-bond acceptors (Lipinski definition) is 7. The lowest BCUT2D eigenvalue weighted by molar-refractivity contribution is -0.265. The van der Waals surface area contributed by atoms with Gasteiger partial charge in [-0.1, -0.05) is 83.9 Å². The number of carbonyl (C=O) groups is 2. The van der Waals surface area contributed by atoms with Crippen LogP contribution in [0.3, 0.4) is 0 Å². The Labute approximate surface area is 306 Å². The molecule has 51 heavy (non-hydrogen) atoms. The molecule has 0 aliphatic heterocycles. The molecule has 2 atom stereocenters. The van der Waals surface area contributed by atoms with E-state index in [0.717, 1.165) is 42.7 Å². The molecule has 21 heteroatoms. The smallest absolute Gasteiger partial charge is 0.432 e. The summed E-state index contributed by atoms with van der Waals surface area (Å²) < 4.78 is 103. The number of pyridine rings is 2. The first-order chi connectivity index (χ1) is 22.7. The molecular formula is C30H26Cl4F8N4O5. The zero-order chi connectivity index (χ0) is 37.2. The molecule has 0 fully saturated rings. The Balaban J connectivity index is 0.000000793. The van der Waals surface area contributed by atoms with Gasteiger partial charge in [-0.25, -0.2) is 23.5 Å². The Morgan fingerprint density at radius 3 is 1.43 bits per heavy atom.